The Morgan fingerprint density at radius 1 is 1.14 bits per heavy atom. The third-order valence-electron chi connectivity index (χ3n) is 3.80. The second-order valence-corrected chi connectivity index (χ2v) is 5.72. The monoisotopic (exact) mass is 285 g/mol. The van der Waals surface area contributed by atoms with Gasteiger partial charge in [-0.25, -0.2) is 0 Å². The summed E-state index contributed by atoms with van der Waals surface area (Å²) in [5.41, 5.74) is 1.09. The molecule has 1 heterocycles. The van der Waals surface area contributed by atoms with E-state index in [1.807, 2.05) is 43.3 Å². The van der Waals surface area contributed by atoms with Crippen LogP contribution in [0.25, 0.3) is 0 Å². The zero-order valence-electron chi connectivity index (χ0n) is 12.2. The first-order chi connectivity index (χ1) is 10.0. The summed E-state index contributed by atoms with van der Waals surface area (Å²) in [5.74, 6) is 0.822. The van der Waals surface area contributed by atoms with E-state index in [-0.39, 0.29) is 5.75 Å². The first-order valence-electron chi connectivity index (χ1n) is 6.92. The number of ether oxygens (including phenoxy) is 1. The molecule has 3 rings (SSSR count). The number of nitrogens with zero attached hydrogens (tertiary/aromatic N) is 1. The summed E-state index contributed by atoms with van der Waals surface area (Å²) in [6.45, 7) is 0.784. The average Bonchev–Trinajstić information content (AvgIpc) is 2.55. The van der Waals surface area contributed by atoms with Crippen molar-refractivity contribution in [3.8, 4) is 11.5 Å². The van der Waals surface area contributed by atoms with Crippen molar-refractivity contribution in [2.45, 2.75) is 12.2 Å². The molecule has 1 unspecified atom stereocenters. The van der Waals surface area contributed by atoms with Crippen molar-refractivity contribution in [1.82, 2.24) is 4.90 Å². The predicted molar refractivity (Wildman–Crippen MR) is 80.4 cm³/mol. The van der Waals surface area contributed by atoms with Crippen molar-refractivity contribution in [2.24, 2.45) is 0 Å². The van der Waals surface area contributed by atoms with Gasteiger partial charge >= 0.3 is 0 Å². The van der Waals surface area contributed by atoms with Gasteiger partial charge in [0.25, 0.3) is 0 Å². The molecule has 0 fully saturated rings. The number of hydrogen-bond acceptors (Lipinski definition) is 4. The number of para-hydroxylation sites is 1. The molecule has 4 heteroatoms. The minimum absolute atomic E-state index is 0.144. The Balaban J connectivity index is 2.26. The van der Waals surface area contributed by atoms with Crippen LogP contribution in [-0.4, -0.2) is 35.8 Å². The number of aliphatic hydroxyl groups is 1. The molecule has 0 radical (unpaired) electrons. The molecule has 2 aromatic rings. The number of rotatable bonds is 2. The molecule has 4 nitrogen and oxygen atoms in total. The number of phenolic OH excluding ortho intramolecular Hbond substituents is 1. The fraction of sp³-hybridized carbons (Fsp3) is 0.294. The van der Waals surface area contributed by atoms with Crippen molar-refractivity contribution in [3.05, 3.63) is 59.2 Å². The second kappa shape index (κ2) is 5.06. The summed E-state index contributed by atoms with van der Waals surface area (Å²) in [4.78, 5) is 1.93. The zero-order chi connectivity index (χ0) is 15.0. The van der Waals surface area contributed by atoms with E-state index in [2.05, 4.69) is 0 Å². The molecule has 110 valence electrons. The van der Waals surface area contributed by atoms with E-state index in [1.165, 1.54) is 0 Å². The zero-order valence-corrected chi connectivity index (χ0v) is 12.2. The van der Waals surface area contributed by atoms with Crippen LogP contribution in [0.3, 0.4) is 0 Å². The lowest BCUT2D eigenvalue weighted by atomic mass is 9.83. The summed E-state index contributed by atoms with van der Waals surface area (Å²) in [5, 5.41) is 21.2. The standard InChI is InChI=1S/C17H19NO3/c1-18(2)11-17(20)14-5-3-4-6-16(14)21-10-12-7-8-13(19)9-15(12)17/h3-9,19-20H,10-11H2,1-2H3. The fourth-order valence-electron chi connectivity index (χ4n) is 2.94. The van der Waals surface area contributed by atoms with Gasteiger partial charge in [-0.1, -0.05) is 24.3 Å². The molecule has 0 bridgehead atoms. The second-order valence-electron chi connectivity index (χ2n) is 5.72. The maximum atomic E-state index is 11.4. The normalized spacial score (nSPS) is 20.4. The number of fused-ring (bicyclic) bond motifs is 2. The molecule has 0 amide bonds. The number of hydrogen-bond donors (Lipinski definition) is 2. The van der Waals surface area contributed by atoms with Gasteiger partial charge in [-0.05, 0) is 43.4 Å². The molecule has 2 aromatic carbocycles. The highest BCUT2D eigenvalue weighted by Gasteiger charge is 2.38. The van der Waals surface area contributed by atoms with Gasteiger partial charge in [-0.15, -0.1) is 0 Å². The Hall–Kier alpha value is -2.04. The van der Waals surface area contributed by atoms with Gasteiger partial charge in [-0.3, -0.25) is 0 Å². The van der Waals surface area contributed by atoms with E-state index in [0.717, 1.165) is 11.1 Å². The Kier molecular flexibility index (Phi) is 3.35. The quantitative estimate of drug-likeness (QED) is 0.887. The summed E-state index contributed by atoms with van der Waals surface area (Å²) < 4.78 is 5.83. The van der Waals surface area contributed by atoms with Crippen LogP contribution in [0.4, 0.5) is 0 Å². The minimum atomic E-state index is -1.22. The third kappa shape index (κ3) is 2.37. The first kappa shape index (κ1) is 13.9. The summed E-state index contributed by atoms with van der Waals surface area (Å²) in [6.07, 6.45) is 0. The highest BCUT2D eigenvalue weighted by atomic mass is 16.5. The van der Waals surface area contributed by atoms with Crippen LogP contribution < -0.4 is 4.74 Å². The topological polar surface area (TPSA) is 52.9 Å². The van der Waals surface area contributed by atoms with Crippen molar-refractivity contribution >= 4 is 0 Å². The van der Waals surface area contributed by atoms with E-state index in [4.69, 9.17) is 4.74 Å². The predicted octanol–water partition coefficient (Wildman–Crippen LogP) is 2.08. The van der Waals surface area contributed by atoms with E-state index < -0.39 is 5.60 Å². The molecule has 0 aromatic heterocycles. The van der Waals surface area contributed by atoms with Crippen molar-refractivity contribution in [3.63, 3.8) is 0 Å². The third-order valence-corrected chi connectivity index (χ3v) is 3.80. The Bertz CT molecular complexity index is 669. The molecule has 1 aliphatic heterocycles. The molecule has 1 atom stereocenters. The van der Waals surface area contributed by atoms with E-state index in [9.17, 15) is 10.2 Å². The van der Waals surface area contributed by atoms with E-state index >= 15 is 0 Å². The fourth-order valence-corrected chi connectivity index (χ4v) is 2.94. The molecule has 2 N–H and O–H groups in total. The van der Waals surface area contributed by atoms with Gasteiger partial charge in [0.1, 0.15) is 23.7 Å². The van der Waals surface area contributed by atoms with Gasteiger partial charge in [0.15, 0.2) is 0 Å². The van der Waals surface area contributed by atoms with Gasteiger partial charge in [0, 0.05) is 12.1 Å². The maximum Gasteiger partial charge on any atom is 0.131 e. The van der Waals surface area contributed by atoms with E-state index in [0.29, 0.717) is 24.5 Å². The lowest BCUT2D eigenvalue weighted by molar-refractivity contribution is 0.0506. The molecule has 0 spiro atoms. The number of aromatic hydroxyl groups is 1. The van der Waals surface area contributed by atoms with Crippen LogP contribution in [0.1, 0.15) is 16.7 Å². The molecular formula is C17H19NO3. The number of phenols is 1. The molecule has 0 aliphatic carbocycles. The van der Waals surface area contributed by atoms with Crippen LogP contribution in [0, 0.1) is 0 Å². The largest absolute Gasteiger partial charge is 0.508 e. The first-order valence-corrected chi connectivity index (χ1v) is 6.92. The Morgan fingerprint density at radius 2 is 1.90 bits per heavy atom. The summed E-state index contributed by atoms with van der Waals surface area (Å²) in [7, 11) is 3.82. The van der Waals surface area contributed by atoms with Gasteiger partial charge < -0.3 is 19.8 Å². The van der Waals surface area contributed by atoms with Gasteiger partial charge in [0.2, 0.25) is 0 Å². The molecule has 0 saturated heterocycles. The van der Waals surface area contributed by atoms with Crippen LogP contribution in [0.2, 0.25) is 0 Å². The molecular weight excluding hydrogens is 266 g/mol. The van der Waals surface area contributed by atoms with Crippen molar-refractivity contribution in [2.75, 3.05) is 20.6 Å². The van der Waals surface area contributed by atoms with Crippen LogP contribution >= 0.6 is 0 Å². The summed E-state index contributed by atoms with van der Waals surface area (Å²) in [6, 6.07) is 12.6. The molecule has 21 heavy (non-hydrogen) atoms. The van der Waals surface area contributed by atoms with Crippen LogP contribution in [0.15, 0.2) is 42.5 Å². The molecule has 0 saturated carbocycles. The van der Waals surface area contributed by atoms with Gasteiger partial charge in [0.05, 0.1) is 0 Å². The highest BCUT2D eigenvalue weighted by Crippen LogP contribution is 2.41. The number of benzene rings is 2. The Labute approximate surface area is 124 Å². The SMILES string of the molecule is CN(C)CC1(O)c2cc(O)ccc2COc2ccccc21. The van der Waals surface area contributed by atoms with Gasteiger partial charge in [-0.2, -0.15) is 0 Å². The van der Waals surface area contributed by atoms with E-state index in [1.54, 1.807) is 18.2 Å². The molecule has 1 aliphatic rings. The highest BCUT2D eigenvalue weighted by molar-refractivity contribution is 5.51. The maximum absolute atomic E-state index is 11.4. The van der Waals surface area contributed by atoms with Crippen LogP contribution in [-0.2, 0) is 12.2 Å². The Morgan fingerprint density at radius 3 is 2.67 bits per heavy atom. The average molecular weight is 285 g/mol. The minimum Gasteiger partial charge on any atom is -0.508 e. The lowest BCUT2D eigenvalue weighted by Gasteiger charge is -2.32. The number of likely N-dealkylation sites (N-methyl/N-ethyl adjacent to an activating group) is 1. The van der Waals surface area contributed by atoms with Crippen molar-refractivity contribution < 1.29 is 14.9 Å². The lowest BCUT2D eigenvalue weighted by Crippen LogP contribution is -2.39. The van der Waals surface area contributed by atoms with Crippen LogP contribution in [0.5, 0.6) is 11.5 Å². The smallest absolute Gasteiger partial charge is 0.131 e. The summed E-state index contributed by atoms with van der Waals surface area (Å²) >= 11 is 0. The van der Waals surface area contributed by atoms with Crippen molar-refractivity contribution in [1.29, 1.82) is 0 Å².